The first-order chi connectivity index (χ1) is 9.67. The van der Waals surface area contributed by atoms with Crippen molar-refractivity contribution in [1.82, 2.24) is 0 Å². The molecule has 4 heteroatoms. The van der Waals surface area contributed by atoms with Gasteiger partial charge in [-0.05, 0) is 36.1 Å². The molecule has 20 heavy (non-hydrogen) atoms. The SMILES string of the molecule is COC(=O)/C(=C\C=C\c1sc2ccccc2c1C)OC. The van der Waals surface area contributed by atoms with Crippen LogP contribution in [0.1, 0.15) is 10.4 Å². The van der Waals surface area contributed by atoms with Crippen LogP contribution in [0.15, 0.2) is 42.2 Å². The summed E-state index contributed by atoms with van der Waals surface area (Å²) in [5.41, 5.74) is 1.24. The van der Waals surface area contributed by atoms with Gasteiger partial charge in [-0.15, -0.1) is 11.3 Å². The summed E-state index contributed by atoms with van der Waals surface area (Å²) in [5.74, 6) is -0.298. The second kappa shape index (κ2) is 6.39. The van der Waals surface area contributed by atoms with Crippen LogP contribution in [-0.4, -0.2) is 20.2 Å². The third kappa shape index (κ3) is 2.91. The molecule has 0 atom stereocenters. The lowest BCUT2D eigenvalue weighted by Crippen LogP contribution is -2.05. The van der Waals surface area contributed by atoms with Gasteiger partial charge in [0.2, 0.25) is 5.76 Å². The highest BCUT2D eigenvalue weighted by atomic mass is 32.1. The van der Waals surface area contributed by atoms with Crippen LogP contribution in [0.3, 0.4) is 0 Å². The van der Waals surface area contributed by atoms with E-state index in [-0.39, 0.29) is 5.76 Å². The first-order valence-corrected chi connectivity index (χ1v) is 6.97. The summed E-state index contributed by atoms with van der Waals surface area (Å²) in [6.45, 7) is 2.10. The minimum atomic E-state index is -0.481. The zero-order valence-corrected chi connectivity index (χ0v) is 12.5. The van der Waals surface area contributed by atoms with E-state index in [1.807, 2.05) is 18.2 Å². The highest BCUT2D eigenvalue weighted by molar-refractivity contribution is 7.20. The van der Waals surface area contributed by atoms with Gasteiger partial charge in [-0.3, -0.25) is 0 Å². The minimum absolute atomic E-state index is 0.183. The Hall–Kier alpha value is -2.07. The van der Waals surface area contributed by atoms with Gasteiger partial charge in [0.25, 0.3) is 0 Å². The molecule has 0 N–H and O–H groups in total. The third-order valence-corrected chi connectivity index (χ3v) is 4.22. The smallest absolute Gasteiger partial charge is 0.373 e. The molecule has 0 bridgehead atoms. The lowest BCUT2D eigenvalue weighted by atomic mass is 10.1. The summed E-state index contributed by atoms with van der Waals surface area (Å²) in [4.78, 5) is 12.5. The van der Waals surface area contributed by atoms with Gasteiger partial charge in [0.05, 0.1) is 14.2 Å². The summed E-state index contributed by atoms with van der Waals surface area (Å²) in [6.07, 6.45) is 5.38. The number of thiophene rings is 1. The normalized spacial score (nSPS) is 12.1. The number of allylic oxidation sites excluding steroid dienone is 2. The van der Waals surface area contributed by atoms with E-state index >= 15 is 0 Å². The number of benzene rings is 1. The maximum Gasteiger partial charge on any atom is 0.373 e. The molecule has 1 heterocycles. The lowest BCUT2D eigenvalue weighted by Gasteiger charge is -2.01. The van der Waals surface area contributed by atoms with Crippen LogP contribution in [0.2, 0.25) is 0 Å². The van der Waals surface area contributed by atoms with Crippen LogP contribution in [0.4, 0.5) is 0 Å². The predicted molar refractivity (Wildman–Crippen MR) is 82.7 cm³/mol. The summed E-state index contributed by atoms with van der Waals surface area (Å²) in [6, 6.07) is 8.29. The third-order valence-electron chi connectivity index (χ3n) is 2.98. The zero-order valence-electron chi connectivity index (χ0n) is 11.7. The number of esters is 1. The minimum Gasteiger partial charge on any atom is -0.490 e. The first kappa shape index (κ1) is 14.3. The van der Waals surface area contributed by atoms with Gasteiger partial charge < -0.3 is 9.47 Å². The van der Waals surface area contributed by atoms with Crippen molar-refractivity contribution in [2.75, 3.05) is 14.2 Å². The second-order valence-corrected chi connectivity index (χ2v) is 5.26. The summed E-state index contributed by atoms with van der Waals surface area (Å²) in [7, 11) is 2.77. The molecule has 0 unspecified atom stereocenters. The number of carbonyl (C=O) groups excluding carboxylic acids is 1. The van der Waals surface area contributed by atoms with E-state index in [9.17, 15) is 4.79 Å². The number of aryl methyl sites for hydroxylation is 1. The molecule has 0 amide bonds. The van der Waals surface area contributed by atoms with Crippen LogP contribution < -0.4 is 0 Å². The fraction of sp³-hybridized carbons (Fsp3) is 0.188. The molecule has 0 aliphatic heterocycles. The Morgan fingerprint density at radius 2 is 1.95 bits per heavy atom. The molecule has 2 rings (SSSR count). The molecule has 0 spiro atoms. The van der Waals surface area contributed by atoms with E-state index in [0.717, 1.165) is 0 Å². The number of ether oxygens (including phenoxy) is 2. The monoisotopic (exact) mass is 288 g/mol. The molecule has 0 aliphatic rings. The Morgan fingerprint density at radius 3 is 2.60 bits per heavy atom. The highest BCUT2D eigenvalue weighted by Crippen LogP contribution is 2.31. The predicted octanol–water partition coefficient (Wildman–Crippen LogP) is 3.93. The molecular weight excluding hydrogens is 272 g/mol. The number of rotatable bonds is 4. The van der Waals surface area contributed by atoms with Crippen molar-refractivity contribution in [2.45, 2.75) is 6.92 Å². The van der Waals surface area contributed by atoms with Crippen molar-refractivity contribution in [3.05, 3.63) is 52.6 Å². The summed E-state index contributed by atoms with van der Waals surface area (Å²) in [5, 5.41) is 1.26. The van der Waals surface area contributed by atoms with Crippen molar-refractivity contribution in [3.63, 3.8) is 0 Å². The summed E-state index contributed by atoms with van der Waals surface area (Å²) >= 11 is 1.72. The van der Waals surface area contributed by atoms with Gasteiger partial charge in [-0.1, -0.05) is 24.3 Å². The topological polar surface area (TPSA) is 35.5 Å². The van der Waals surface area contributed by atoms with E-state index in [0.29, 0.717) is 0 Å². The second-order valence-electron chi connectivity index (χ2n) is 4.17. The van der Waals surface area contributed by atoms with Crippen molar-refractivity contribution < 1.29 is 14.3 Å². The van der Waals surface area contributed by atoms with Gasteiger partial charge in [-0.2, -0.15) is 0 Å². The fourth-order valence-corrected chi connectivity index (χ4v) is 3.02. The molecule has 0 aliphatic carbocycles. The molecule has 0 fully saturated rings. The average Bonchev–Trinajstić information content (AvgIpc) is 2.80. The first-order valence-electron chi connectivity index (χ1n) is 6.16. The lowest BCUT2D eigenvalue weighted by molar-refractivity contribution is -0.139. The molecule has 0 saturated heterocycles. The fourth-order valence-electron chi connectivity index (χ4n) is 1.90. The van der Waals surface area contributed by atoms with Gasteiger partial charge in [-0.25, -0.2) is 4.79 Å². The molecule has 1 aromatic carbocycles. The average molecular weight is 288 g/mol. The zero-order chi connectivity index (χ0) is 14.5. The largest absolute Gasteiger partial charge is 0.490 e. The molecule has 104 valence electrons. The van der Waals surface area contributed by atoms with Crippen LogP contribution in [0, 0.1) is 6.92 Å². The van der Waals surface area contributed by atoms with Crippen LogP contribution in [-0.2, 0) is 14.3 Å². The Bertz CT molecular complexity index is 680. The van der Waals surface area contributed by atoms with Crippen LogP contribution in [0.25, 0.3) is 16.2 Å². The van der Waals surface area contributed by atoms with Crippen molar-refractivity contribution >= 4 is 33.5 Å². The number of fused-ring (bicyclic) bond motifs is 1. The number of methoxy groups -OCH3 is 2. The highest BCUT2D eigenvalue weighted by Gasteiger charge is 2.08. The van der Waals surface area contributed by atoms with Gasteiger partial charge >= 0.3 is 5.97 Å². The van der Waals surface area contributed by atoms with Gasteiger partial charge in [0.15, 0.2) is 0 Å². The maximum absolute atomic E-state index is 11.3. The Morgan fingerprint density at radius 1 is 1.20 bits per heavy atom. The van der Waals surface area contributed by atoms with Gasteiger partial charge in [0.1, 0.15) is 0 Å². The molecular formula is C16H16O3S. The quantitative estimate of drug-likeness (QED) is 0.370. The molecule has 1 aromatic heterocycles. The standard InChI is InChI=1S/C16H16O3S/c1-11-12-7-4-5-9-15(12)20-14(11)10-6-8-13(18-2)16(17)19-3/h4-10H,1-3H3/b10-6+,13-8+. The van der Waals surface area contributed by atoms with Gasteiger partial charge in [0, 0.05) is 9.58 Å². The van der Waals surface area contributed by atoms with Crippen molar-refractivity contribution in [1.29, 1.82) is 0 Å². The van der Waals surface area contributed by atoms with Crippen molar-refractivity contribution in [2.24, 2.45) is 0 Å². The molecule has 2 aromatic rings. The van der Waals surface area contributed by atoms with Crippen LogP contribution in [0.5, 0.6) is 0 Å². The molecule has 0 saturated carbocycles. The van der Waals surface area contributed by atoms with Crippen molar-refractivity contribution in [3.8, 4) is 0 Å². The molecule has 0 radical (unpaired) electrons. The van der Waals surface area contributed by atoms with E-state index < -0.39 is 5.97 Å². The Labute approximate surface area is 122 Å². The Kier molecular flexibility index (Phi) is 4.58. The van der Waals surface area contributed by atoms with E-state index in [4.69, 9.17) is 4.74 Å². The van der Waals surface area contributed by atoms with E-state index in [1.165, 1.54) is 34.7 Å². The number of carbonyl (C=O) groups is 1. The molecule has 3 nitrogen and oxygen atoms in total. The Balaban J connectivity index is 2.28. The van der Waals surface area contributed by atoms with E-state index in [1.54, 1.807) is 23.5 Å². The number of hydrogen-bond donors (Lipinski definition) is 0. The van der Waals surface area contributed by atoms with Crippen LogP contribution >= 0.6 is 11.3 Å². The number of hydrogen-bond acceptors (Lipinski definition) is 4. The maximum atomic E-state index is 11.3. The summed E-state index contributed by atoms with van der Waals surface area (Å²) < 4.78 is 10.8. The van der Waals surface area contributed by atoms with E-state index in [2.05, 4.69) is 23.8 Å².